The van der Waals surface area contributed by atoms with Gasteiger partial charge in [-0.05, 0) is 35.9 Å². The first-order valence-electron chi connectivity index (χ1n) is 5.95. The molecule has 0 amide bonds. The summed E-state index contributed by atoms with van der Waals surface area (Å²) >= 11 is 0. The smallest absolute Gasteiger partial charge is 0.420 e. The fourth-order valence-electron chi connectivity index (χ4n) is 1.72. The van der Waals surface area contributed by atoms with Crippen molar-refractivity contribution in [2.24, 2.45) is 0 Å². The van der Waals surface area contributed by atoms with Gasteiger partial charge in [-0.1, -0.05) is 0 Å². The van der Waals surface area contributed by atoms with Gasteiger partial charge in [0.2, 0.25) is 0 Å². The third-order valence-corrected chi connectivity index (χ3v) is 2.71. The van der Waals surface area contributed by atoms with Crippen molar-refractivity contribution in [3.8, 4) is 5.75 Å². The standard InChI is InChI=1S/C14H13F3N2O/c15-14(16,17)12-9-11(18)1-2-13(12)20-8-5-10-3-6-19-7-4-10/h1-4,6-7,9H,5,8,18H2. The van der Waals surface area contributed by atoms with Crippen molar-refractivity contribution in [2.45, 2.75) is 12.6 Å². The van der Waals surface area contributed by atoms with Gasteiger partial charge in [0.25, 0.3) is 0 Å². The fraction of sp³-hybridized carbons (Fsp3) is 0.214. The Morgan fingerprint density at radius 3 is 2.45 bits per heavy atom. The number of pyridine rings is 1. The molecular formula is C14H13F3N2O. The van der Waals surface area contributed by atoms with E-state index in [-0.39, 0.29) is 18.0 Å². The molecule has 1 heterocycles. The second-order valence-corrected chi connectivity index (χ2v) is 4.21. The number of benzene rings is 1. The number of halogens is 3. The zero-order valence-electron chi connectivity index (χ0n) is 10.5. The number of hydrogen-bond acceptors (Lipinski definition) is 3. The lowest BCUT2D eigenvalue weighted by Crippen LogP contribution is -2.11. The lowest BCUT2D eigenvalue weighted by Gasteiger charge is -2.14. The molecule has 2 N–H and O–H groups in total. The molecule has 2 aromatic rings. The number of nitrogens with zero attached hydrogens (tertiary/aromatic N) is 1. The van der Waals surface area contributed by atoms with Gasteiger partial charge >= 0.3 is 6.18 Å². The Morgan fingerprint density at radius 2 is 1.80 bits per heavy atom. The Kier molecular flexibility index (Phi) is 4.12. The second kappa shape index (κ2) is 5.81. The number of rotatable bonds is 4. The minimum absolute atomic E-state index is 0.0545. The summed E-state index contributed by atoms with van der Waals surface area (Å²) in [7, 11) is 0. The van der Waals surface area contributed by atoms with Crippen molar-refractivity contribution in [1.82, 2.24) is 4.98 Å². The summed E-state index contributed by atoms with van der Waals surface area (Å²) in [6.45, 7) is 0.150. The van der Waals surface area contributed by atoms with Gasteiger partial charge in [0.1, 0.15) is 5.75 Å². The van der Waals surface area contributed by atoms with Gasteiger partial charge in [0.05, 0.1) is 12.2 Å². The van der Waals surface area contributed by atoms with E-state index in [0.29, 0.717) is 6.42 Å². The normalized spacial score (nSPS) is 11.3. The monoisotopic (exact) mass is 282 g/mol. The number of hydrogen-bond donors (Lipinski definition) is 1. The highest BCUT2D eigenvalue weighted by Crippen LogP contribution is 2.37. The molecule has 1 aromatic heterocycles. The van der Waals surface area contributed by atoms with Crippen LogP contribution < -0.4 is 10.5 Å². The fourth-order valence-corrected chi connectivity index (χ4v) is 1.72. The van der Waals surface area contributed by atoms with Crippen LogP contribution in [0.2, 0.25) is 0 Å². The summed E-state index contributed by atoms with van der Waals surface area (Å²) in [5.74, 6) is -0.208. The van der Waals surface area contributed by atoms with Crippen molar-refractivity contribution in [2.75, 3.05) is 12.3 Å². The maximum atomic E-state index is 12.8. The van der Waals surface area contributed by atoms with Crippen molar-refractivity contribution in [3.05, 3.63) is 53.9 Å². The first-order chi connectivity index (χ1) is 9.47. The largest absolute Gasteiger partial charge is 0.493 e. The molecule has 0 spiro atoms. The molecule has 0 aliphatic heterocycles. The zero-order valence-corrected chi connectivity index (χ0v) is 10.5. The first kappa shape index (κ1) is 14.2. The van der Waals surface area contributed by atoms with E-state index >= 15 is 0 Å². The maximum absolute atomic E-state index is 12.8. The average molecular weight is 282 g/mol. The van der Waals surface area contributed by atoms with Crippen molar-refractivity contribution >= 4 is 5.69 Å². The molecule has 0 aliphatic carbocycles. The average Bonchev–Trinajstić information content (AvgIpc) is 2.40. The third kappa shape index (κ3) is 3.63. The Hall–Kier alpha value is -2.24. The molecule has 0 radical (unpaired) electrons. The molecule has 2 rings (SSSR count). The third-order valence-electron chi connectivity index (χ3n) is 2.71. The number of ether oxygens (including phenoxy) is 1. The van der Waals surface area contributed by atoms with Crippen molar-refractivity contribution in [3.63, 3.8) is 0 Å². The van der Waals surface area contributed by atoms with Gasteiger partial charge in [0, 0.05) is 24.5 Å². The summed E-state index contributed by atoms with van der Waals surface area (Å²) in [6, 6.07) is 7.08. The Morgan fingerprint density at radius 1 is 1.10 bits per heavy atom. The summed E-state index contributed by atoms with van der Waals surface area (Å²) < 4.78 is 43.7. The van der Waals surface area contributed by atoms with E-state index in [1.54, 1.807) is 24.5 Å². The summed E-state index contributed by atoms with van der Waals surface area (Å²) in [5, 5.41) is 0. The van der Waals surface area contributed by atoms with Gasteiger partial charge in [-0.25, -0.2) is 0 Å². The predicted molar refractivity (Wildman–Crippen MR) is 69.3 cm³/mol. The molecule has 3 nitrogen and oxygen atoms in total. The summed E-state index contributed by atoms with van der Waals surface area (Å²) in [6.07, 6.45) is -0.731. The molecule has 106 valence electrons. The van der Waals surface area contributed by atoms with Crippen molar-refractivity contribution < 1.29 is 17.9 Å². The minimum atomic E-state index is -4.48. The van der Waals surface area contributed by atoms with E-state index in [9.17, 15) is 13.2 Å². The van der Waals surface area contributed by atoms with Crippen LogP contribution in [0.15, 0.2) is 42.7 Å². The van der Waals surface area contributed by atoms with Gasteiger partial charge < -0.3 is 10.5 Å². The molecule has 1 aromatic carbocycles. The van der Waals surface area contributed by atoms with E-state index in [0.717, 1.165) is 11.6 Å². The van der Waals surface area contributed by atoms with Crippen LogP contribution in [0.4, 0.5) is 18.9 Å². The topological polar surface area (TPSA) is 48.1 Å². The minimum Gasteiger partial charge on any atom is -0.493 e. The van der Waals surface area contributed by atoms with Crippen LogP contribution >= 0.6 is 0 Å². The molecule has 0 saturated carbocycles. The number of nitrogen functional groups attached to an aromatic ring is 1. The lowest BCUT2D eigenvalue weighted by atomic mass is 10.1. The SMILES string of the molecule is Nc1ccc(OCCc2ccncc2)c(C(F)(F)F)c1. The molecular weight excluding hydrogens is 269 g/mol. The van der Waals surface area contributed by atoms with Crippen LogP contribution in [0.1, 0.15) is 11.1 Å². The van der Waals surface area contributed by atoms with Crippen LogP contribution in [-0.2, 0) is 12.6 Å². The number of anilines is 1. The summed E-state index contributed by atoms with van der Waals surface area (Å²) in [5.41, 5.74) is 5.53. The quantitative estimate of drug-likeness (QED) is 0.875. The molecule has 0 saturated heterocycles. The first-order valence-corrected chi connectivity index (χ1v) is 5.95. The highest BCUT2D eigenvalue weighted by Gasteiger charge is 2.34. The molecule has 0 fully saturated rings. The molecule has 0 aliphatic rings. The van der Waals surface area contributed by atoms with Crippen LogP contribution in [0.5, 0.6) is 5.75 Å². The highest BCUT2D eigenvalue weighted by atomic mass is 19.4. The Balaban J connectivity index is 2.06. The maximum Gasteiger partial charge on any atom is 0.420 e. The van der Waals surface area contributed by atoms with Gasteiger partial charge in [-0.2, -0.15) is 13.2 Å². The van der Waals surface area contributed by atoms with Crippen LogP contribution in [0.3, 0.4) is 0 Å². The Bertz CT molecular complexity index is 570. The molecule has 0 atom stereocenters. The van der Waals surface area contributed by atoms with Crippen LogP contribution in [-0.4, -0.2) is 11.6 Å². The lowest BCUT2D eigenvalue weighted by molar-refractivity contribution is -0.138. The molecule has 0 unspecified atom stereocenters. The van der Waals surface area contributed by atoms with E-state index in [2.05, 4.69) is 4.98 Å². The predicted octanol–water partition coefficient (Wildman–Crippen LogP) is 3.30. The Labute approximate surface area is 114 Å². The highest BCUT2D eigenvalue weighted by molar-refractivity contribution is 5.49. The molecule has 0 bridgehead atoms. The number of alkyl halides is 3. The zero-order chi connectivity index (χ0) is 14.6. The van der Waals surface area contributed by atoms with E-state index in [1.807, 2.05) is 0 Å². The summed E-state index contributed by atoms with van der Waals surface area (Å²) in [4.78, 5) is 3.86. The van der Waals surface area contributed by atoms with Gasteiger partial charge in [0.15, 0.2) is 0 Å². The van der Waals surface area contributed by atoms with Gasteiger partial charge in [-0.15, -0.1) is 0 Å². The van der Waals surface area contributed by atoms with Crippen molar-refractivity contribution in [1.29, 1.82) is 0 Å². The van der Waals surface area contributed by atoms with E-state index < -0.39 is 11.7 Å². The molecule has 20 heavy (non-hydrogen) atoms. The van der Waals surface area contributed by atoms with E-state index in [4.69, 9.17) is 10.5 Å². The van der Waals surface area contributed by atoms with Crippen LogP contribution in [0, 0.1) is 0 Å². The van der Waals surface area contributed by atoms with Crippen LogP contribution in [0.25, 0.3) is 0 Å². The number of aromatic nitrogens is 1. The van der Waals surface area contributed by atoms with E-state index in [1.165, 1.54) is 12.1 Å². The second-order valence-electron chi connectivity index (χ2n) is 4.21. The van der Waals surface area contributed by atoms with Gasteiger partial charge in [-0.3, -0.25) is 4.98 Å². The number of nitrogens with two attached hydrogens (primary N) is 1. The molecule has 6 heteroatoms.